The predicted molar refractivity (Wildman–Crippen MR) is 145 cm³/mol. The molecule has 0 saturated carbocycles. The first-order valence-electron chi connectivity index (χ1n) is 10.2. The normalized spacial score (nSPS) is 12.4. The van der Waals surface area contributed by atoms with Crippen molar-refractivity contribution < 1.29 is 8.23 Å². The summed E-state index contributed by atoms with van der Waals surface area (Å²) >= 11 is 2.33. The van der Waals surface area contributed by atoms with Crippen molar-refractivity contribution in [3.05, 3.63) is 62.2 Å². The number of aryl methyl sites for hydroxylation is 4. The Morgan fingerprint density at radius 2 is 0.862 bits per heavy atom. The molecule has 0 saturated heterocycles. The van der Waals surface area contributed by atoms with Gasteiger partial charge >= 0.3 is 8.56 Å². The predicted octanol–water partition coefficient (Wildman–Crippen LogP) is 7.19. The van der Waals surface area contributed by atoms with Gasteiger partial charge in [0.25, 0.3) is 0 Å². The van der Waals surface area contributed by atoms with Gasteiger partial charge in [-0.15, -0.1) is 0 Å². The van der Waals surface area contributed by atoms with E-state index in [1.54, 1.807) is 0 Å². The van der Waals surface area contributed by atoms with Crippen LogP contribution in [0.4, 0.5) is 0 Å². The molecule has 29 heavy (non-hydrogen) atoms. The smallest absolute Gasteiger partial charge is 0.348 e. The quantitative estimate of drug-likeness (QED) is 0.286. The molecule has 0 heterocycles. The van der Waals surface area contributed by atoms with Gasteiger partial charge in [0.05, 0.1) is 0 Å². The average Bonchev–Trinajstić information content (AvgIpc) is 2.40. The van der Waals surface area contributed by atoms with Gasteiger partial charge in [-0.3, -0.25) is 0 Å². The Bertz CT molecular complexity index is 737. The van der Waals surface area contributed by atoms with Crippen LogP contribution in [0.15, 0.2) is 36.4 Å². The highest BCUT2D eigenvalue weighted by Crippen LogP contribution is 2.21. The standard InChI is InChI=1S/C15H30O2Si3.C8H9I/c1-13-10-14(2)12-15(11-13)20(9,16-18(3,4)5)17-19(6,7)8;1-6-3-7(2)5-8(9)4-6/h10-12H,1-9H3;3-5H,1-2H3. The zero-order chi connectivity index (χ0) is 22.6. The van der Waals surface area contributed by atoms with Gasteiger partial charge in [0.2, 0.25) is 0 Å². The first-order chi connectivity index (χ1) is 13.0. The maximum atomic E-state index is 6.59. The van der Waals surface area contributed by atoms with Gasteiger partial charge in [0, 0.05) is 3.57 Å². The lowest BCUT2D eigenvalue weighted by Gasteiger charge is -2.39. The van der Waals surface area contributed by atoms with Gasteiger partial charge in [-0.25, -0.2) is 0 Å². The van der Waals surface area contributed by atoms with Crippen molar-refractivity contribution in [2.75, 3.05) is 0 Å². The van der Waals surface area contributed by atoms with Crippen LogP contribution in [0.1, 0.15) is 22.3 Å². The fourth-order valence-corrected chi connectivity index (χ4v) is 16.3. The third kappa shape index (κ3) is 10.5. The first kappa shape index (κ1) is 26.8. The van der Waals surface area contributed by atoms with Crippen LogP contribution >= 0.6 is 22.6 Å². The Labute approximate surface area is 196 Å². The zero-order valence-electron chi connectivity index (χ0n) is 20.2. The van der Waals surface area contributed by atoms with E-state index in [-0.39, 0.29) is 0 Å². The second-order valence-corrected chi connectivity index (χ2v) is 23.9. The van der Waals surface area contributed by atoms with Crippen LogP contribution in [0.5, 0.6) is 0 Å². The van der Waals surface area contributed by atoms with Crippen molar-refractivity contribution in [1.29, 1.82) is 0 Å². The molecule has 0 aromatic heterocycles. The molecule has 0 aliphatic carbocycles. The molecule has 2 aromatic carbocycles. The van der Waals surface area contributed by atoms with Crippen molar-refractivity contribution in [1.82, 2.24) is 0 Å². The van der Waals surface area contributed by atoms with Crippen molar-refractivity contribution in [3.8, 4) is 0 Å². The molecule has 0 aliphatic rings. The summed E-state index contributed by atoms with van der Waals surface area (Å²) in [6.07, 6.45) is 0. The van der Waals surface area contributed by atoms with Crippen LogP contribution < -0.4 is 5.19 Å². The van der Waals surface area contributed by atoms with Crippen molar-refractivity contribution in [2.24, 2.45) is 0 Å². The van der Waals surface area contributed by atoms with Gasteiger partial charge in [-0.05, 0) is 125 Å². The molecule has 2 rings (SSSR count). The van der Waals surface area contributed by atoms with Gasteiger partial charge in [-0.1, -0.05) is 35.4 Å². The molecular weight excluding hydrogens is 519 g/mol. The Morgan fingerprint density at radius 1 is 0.552 bits per heavy atom. The van der Waals surface area contributed by atoms with Crippen LogP contribution in [0, 0.1) is 31.3 Å². The summed E-state index contributed by atoms with van der Waals surface area (Å²) in [5.41, 5.74) is 5.27. The van der Waals surface area contributed by atoms with E-state index >= 15 is 0 Å². The SMILES string of the molecule is Cc1cc(C)cc(I)c1.Cc1cc(C)cc([Si](C)(O[Si](C)(C)C)O[Si](C)(C)C)c1. The molecule has 0 fully saturated rings. The molecule has 162 valence electrons. The summed E-state index contributed by atoms with van der Waals surface area (Å²) in [6, 6.07) is 13.2. The summed E-state index contributed by atoms with van der Waals surface area (Å²) in [7, 11) is -5.64. The molecule has 2 nitrogen and oxygen atoms in total. The van der Waals surface area contributed by atoms with Gasteiger partial charge in [-0.2, -0.15) is 0 Å². The molecular formula is C23H39IO2Si3. The van der Waals surface area contributed by atoms with Gasteiger partial charge in [0.15, 0.2) is 16.6 Å². The van der Waals surface area contributed by atoms with Crippen LogP contribution in [0.25, 0.3) is 0 Å². The minimum absolute atomic E-state index is 1.28. The van der Waals surface area contributed by atoms with Gasteiger partial charge in [0.1, 0.15) is 0 Å². The minimum Gasteiger partial charge on any atom is -0.433 e. The van der Waals surface area contributed by atoms with E-state index in [0.29, 0.717) is 0 Å². The van der Waals surface area contributed by atoms with E-state index in [1.165, 1.54) is 31.0 Å². The molecule has 0 atom stereocenters. The maximum absolute atomic E-state index is 6.59. The van der Waals surface area contributed by atoms with Crippen LogP contribution in [-0.2, 0) is 8.23 Å². The second-order valence-electron chi connectivity index (χ2n) is 10.1. The lowest BCUT2D eigenvalue weighted by Crippen LogP contribution is -2.60. The molecule has 0 aliphatic heterocycles. The lowest BCUT2D eigenvalue weighted by atomic mass is 10.2. The largest absolute Gasteiger partial charge is 0.433 e. The minimum atomic E-state index is -2.34. The Balaban J connectivity index is 0.000000387. The first-order valence-corrected chi connectivity index (χ1v) is 20.4. The van der Waals surface area contributed by atoms with Crippen molar-refractivity contribution in [2.45, 2.75) is 73.5 Å². The van der Waals surface area contributed by atoms with E-state index in [4.69, 9.17) is 8.23 Å². The van der Waals surface area contributed by atoms with Crippen LogP contribution in [0.2, 0.25) is 45.8 Å². The third-order valence-corrected chi connectivity index (χ3v) is 13.9. The third-order valence-electron chi connectivity index (χ3n) is 3.93. The Morgan fingerprint density at radius 3 is 1.14 bits per heavy atom. The summed E-state index contributed by atoms with van der Waals surface area (Å²) in [5, 5.41) is 1.28. The molecule has 6 heteroatoms. The molecule has 2 aromatic rings. The summed E-state index contributed by atoms with van der Waals surface area (Å²) in [6.45, 7) is 24.2. The molecule has 0 bridgehead atoms. The van der Waals surface area contributed by atoms with E-state index < -0.39 is 25.2 Å². The molecule has 0 unspecified atom stereocenters. The lowest BCUT2D eigenvalue weighted by molar-refractivity contribution is 0.404. The van der Waals surface area contributed by atoms with Gasteiger partial charge < -0.3 is 8.23 Å². The van der Waals surface area contributed by atoms with E-state index in [2.05, 4.69) is 133 Å². The van der Waals surface area contributed by atoms with Crippen LogP contribution in [0.3, 0.4) is 0 Å². The fraction of sp³-hybridized carbons (Fsp3) is 0.478. The summed E-state index contributed by atoms with van der Waals surface area (Å²) < 4.78 is 14.5. The van der Waals surface area contributed by atoms with E-state index in [0.717, 1.165) is 0 Å². The second kappa shape index (κ2) is 10.4. The summed E-state index contributed by atoms with van der Waals surface area (Å²) in [5.74, 6) is 0. The Kier molecular flexibility index (Phi) is 9.57. The zero-order valence-corrected chi connectivity index (χ0v) is 25.3. The number of rotatable bonds is 5. The highest BCUT2D eigenvalue weighted by atomic mass is 127. The van der Waals surface area contributed by atoms with Crippen molar-refractivity contribution in [3.63, 3.8) is 0 Å². The average molecular weight is 559 g/mol. The number of hydrogen-bond donors (Lipinski definition) is 0. The van der Waals surface area contributed by atoms with Crippen LogP contribution in [-0.4, -0.2) is 25.2 Å². The highest BCUT2D eigenvalue weighted by molar-refractivity contribution is 14.1. The van der Waals surface area contributed by atoms with Crippen molar-refractivity contribution >= 4 is 53.0 Å². The van der Waals surface area contributed by atoms with E-state index in [9.17, 15) is 0 Å². The number of halogens is 1. The maximum Gasteiger partial charge on any atom is 0.348 e. The fourth-order valence-electron chi connectivity index (χ4n) is 3.46. The topological polar surface area (TPSA) is 18.5 Å². The van der Waals surface area contributed by atoms with E-state index in [1.807, 2.05) is 0 Å². The molecule has 0 amide bonds. The molecule has 0 spiro atoms. The number of benzene rings is 2. The Hall–Kier alpha value is -0.259. The number of hydrogen-bond acceptors (Lipinski definition) is 2. The molecule has 0 N–H and O–H groups in total. The summed E-state index contributed by atoms with van der Waals surface area (Å²) in [4.78, 5) is 0. The molecule has 0 radical (unpaired) electrons. The monoisotopic (exact) mass is 558 g/mol. The highest BCUT2D eigenvalue weighted by Gasteiger charge is 2.42.